The summed E-state index contributed by atoms with van der Waals surface area (Å²) in [4.78, 5) is 0. The van der Waals surface area contributed by atoms with Crippen LogP contribution in [0, 0.1) is 0 Å². The van der Waals surface area contributed by atoms with Gasteiger partial charge in [-0.2, -0.15) is 0 Å². The molecule has 0 aliphatic heterocycles. The van der Waals surface area contributed by atoms with Crippen molar-refractivity contribution < 1.29 is 9.47 Å². The topological polar surface area (TPSA) is 56.5 Å². The Labute approximate surface area is 102 Å². The van der Waals surface area contributed by atoms with E-state index in [0.29, 0.717) is 6.04 Å². The van der Waals surface area contributed by atoms with Gasteiger partial charge in [-0.1, -0.05) is 0 Å². The van der Waals surface area contributed by atoms with E-state index in [0.717, 1.165) is 30.0 Å². The number of rotatable bonds is 4. The van der Waals surface area contributed by atoms with E-state index in [9.17, 15) is 0 Å². The van der Waals surface area contributed by atoms with Gasteiger partial charge in [0, 0.05) is 18.2 Å². The summed E-state index contributed by atoms with van der Waals surface area (Å²) in [6.07, 6.45) is 3.39. The molecule has 0 spiro atoms. The third-order valence-corrected chi connectivity index (χ3v) is 3.32. The molecular formula is C13H20N2O2. The molecule has 4 heteroatoms. The van der Waals surface area contributed by atoms with Crippen LogP contribution in [-0.2, 0) is 0 Å². The maximum atomic E-state index is 6.05. The normalized spacial score (nSPS) is 23.5. The first kappa shape index (κ1) is 12.0. The summed E-state index contributed by atoms with van der Waals surface area (Å²) in [5.74, 6) is 1.64. The highest BCUT2D eigenvalue weighted by Crippen LogP contribution is 2.31. The standard InChI is InChI=1S/C13H20N2O2/c1-16-9-6-7-13(17-2)12(8-9)15-11-5-3-4-10(11)14/h6-8,10-11,15H,3-5,14H2,1-2H3/t10-,11-/m0/s1. The number of anilines is 1. The van der Waals surface area contributed by atoms with Gasteiger partial charge in [0.05, 0.1) is 19.9 Å². The fourth-order valence-electron chi connectivity index (χ4n) is 2.29. The van der Waals surface area contributed by atoms with Crippen LogP contribution >= 0.6 is 0 Å². The van der Waals surface area contributed by atoms with Crippen molar-refractivity contribution in [3.63, 3.8) is 0 Å². The van der Waals surface area contributed by atoms with Gasteiger partial charge in [-0.05, 0) is 31.4 Å². The van der Waals surface area contributed by atoms with Crippen LogP contribution < -0.4 is 20.5 Å². The monoisotopic (exact) mass is 236 g/mol. The third-order valence-electron chi connectivity index (χ3n) is 3.32. The lowest BCUT2D eigenvalue weighted by Crippen LogP contribution is -2.35. The van der Waals surface area contributed by atoms with E-state index in [2.05, 4.69) is 5.32 Å². The zero-order valence-corrected chi connectivity index (χ0v) is 10.4. The Morgan fingerprint density at radius 2 is 2.06 bits per heavy atom. The number of benzene rings is 1. The molecule has 1 aromatic rings. The zero-order valence-electron chi connectivity index (χ0n) is 10.4. The second kappa shape index (κ2) is 5.27. The first-order valence-electron chi connectivity index (χ1n) is 5.98. The van der Waals surface area contributed by atoms with E-state index in [-0.39, 0.29) is 6.04 Å². The molecule has 3 N–H and O–H groups in total. The fraction of sp³-hybridized carbons (Fsp3) is 0.538. The molecule has 1 saturated carbocycles. The molecule has 2 rings (SSSR count). The van der Waals surface area contributed by atoms with Crippen molar-refractivity contribution >= 4 is 5.69 Å². The molecule has 1 aromatic carbocycles. The maximum Gasteiger partial charge on any atom is 0.142 e. The second-order valence-corrected chi connectivity index (χ2v) is 4.41. The van der Waals surface area contributed by atoms with Crippen LogP contribution in [0.4, 0.5) is 5.69 Å². The van der Waals surface area contributed by atoms with Gasteiger partial charge in [-0.3, -0.25) is 0 Å². The molecule has 0 amide bonds. The number of nitrogens with one attached hydrogen (secondary N) is 1. The molecule has 0 unspecified atom stereocenters. The largest absolute Gasteiger partial charge is 0.497 e. The van der Waals surface area contributed by atoms with Crippen LogP contribution in [0.3, 0.4) is 0 Å². The molecule has 94 valence electrons. The first-order chi connectivity index (χ1) is 8.24. The van der Waals surface area contributed by atoms with Gasteiger partial charge in [0.25, 0.3) is 0 Å². The molecule has 0 bridgehead atoms. The Morgan fingerprint density at radius 3 is 2.65 bits per heavy atom. The van der Waals surface area contributed by atoms with E-state index in [1.807, 2.05) is 18.2 Å². The van der Waals surface area contributed by atoms with Crippen molar-refractivity contribution in [1.82, 2.24) is 0 Å². The molecule has 2 atom stereocenters. The molecule has 1 aliphatic carbocycles. The smallest absolute Gasteiger partial charge is 0.142 e. The van der Waals surface area contributed by atoms with Crippen molar-refractivity contribution in [3.8, 4) is 11.5 Å². The number of ether oxygens (including phenoxy) is 2. The van der Waals surface area contributed by atoms with Crippen molar-refractivity contribution in [2.45, 2.75) is 31.3 Å². The molecule has 0 saturated heterocycles. The summed E-state index contributed by atoms with van der Waals surface area (Å²) >= 11 is 0. The van der Waals surface area contributed by atoms with E-state index >= 15 is 0 Å². The van der Waals surface area contributed by atoms with Crippen LogP contribution in [0.5, 0.6) is 11.5 Å². The van der Waals surface area contributed by atoms with Crippen LogP contribution in [0.2, 0.25) is 0 Å². The molecule has 17 heavy (non-hydrogen) atoms. The highest BCUT2D eigenvalue weighted by molar-refractivity contribution is 5.60. The minimum atomic E-state index is 0.228. The summed E-state index contributed by atoms with van der Waals surface area (Å²) in [5.41, 5.74) is 7.01. The quantitative estimate of drug-likeness (QED) is 0.839. The Hall–Kier alpha value is -1.42. The first-order valence-corrected chi connectivity index (χ1v) is 5.98. The Morgan fingerprint density at radius 1 is 1.24 bits per heavy atom. The molecule has 0 aromatic heterocycles. The summed E-state index contributed by atoms with van der Waals surface area (Å²) < 4.78 is 10.6. The van der Waals surface area contributed by atoms with E-state index in [1.54, 1.807) is 14.2 Å². The Kier molecular flexibility index (Phi) is 3.74. The lowest BCUT2D eigenvalue weighted by molar-refractivity contribution is 0.404. The molecule has 0 heterocycles. The van der Waals surface area contributed by atoms with Gasteiger partial charge in [0.2, 0.25) is 0 Å². The number of nitrogens with two attached hydrogens (primary N) is 1. The van der Waals surface area contributed by atoms with Gasteiger partial charge >= 0.3 is 0 Å². The van der Waals surface area contributed by atoms with E-state index < -0.39 is 0 Å². The highest BCUT2D eigenvalue weighted by atomic mass is 16.5. The predicted octanol–water partition coefficient (Wildman–Crippen LogP) is 2.00. The fourth-order valence-corrected chi connectivity index (χ4v) is 2.29. The van der Waals surface area contributed by atoms with Crippen LogP contribution in [0.25, 0.3) is 0 Å². The zero-order chi connectivity index (χ0) is 12.3. The van der Waals surface area contributed by atoms with Gasteiger partial charge in [0.1, 0.15) is 11.5 Å². The molecule has 4 nitrogen and oxygen atoms in total. The van der Waals surface area contributed by atoms with Crippen LogP contribution in [0.15, 0.2) is 18.2 Å². The van der Waals surface area contributed by atoms with Crippen molar-refractivity contribution in [1.29, 1.82) is 0 Å². The van der Waals surface area contributed by atoms with Gasteiger partial charge in [-0.25, -0.2) is 0 Å². The van der Waals surface area contributed by atoms with Gasteiger partial charge in [-0.15, -0.1) is 0 Å². The average molecular weight is 236 g/mol. The lowest BCUT2D eigenvalue weighted by atomic mass is 10.1. The Balaban J connectivity index is 2.17. The third kappa shape index (κ3) is 2.64. The SMILES string of the molecule is COc1ccc(OC)c(N[C@H]2CCC[C@@H]2N)c1. The van der Waals surface area contributed by atoms with Gasteiger partial charge < -0.3 is 20.5 Å². The summed E-state index contributed by atoms with van der Waals surface area (Å²) in [5, 5.41) is 3.45. The lowest BCUT2D eigenvalue weighted by Gasteiger charge is -2.20. The number of methoxy groups -OCH3 is 2. The minimum absolute atomic E-state index is 0.228. The van der Waals surface area contributed by atoms with Crippen molar-refractivity contribution in [3.05, 3.63) is 18.2 Å². The Bertz CT molecular complexity index is 382. The van der Waals surface area contributed by atoms with Crippen molar-refractivity contribution in [2.24, 2.45) is 5.73 Å². The summed E-state index contributed by atoms with van der Waals surface area (Å²) in [6, 6.07) is 6.30. The van der Waals surface area contributed by atoms with E-state index in [1.165, 1.54) is 6.42 Å². The van der Waals surface area contributed by atoms with Crippen LogP contribution in [-0.4, -0.2) is 26.3 Å². The van der Waals surface area contributed by atoms with Crippen molar-refractivity contribution in [2.75, 3.05) is 19.5 Å². The number of hydrogen-bond donors (Lipinski definition) is 2. The highest BCUT2D eigenvalue weighted by Gasteiger charge is 2.24. The molecule has 1 aliphatic rings. The van der Waals surface area contributed by atoms with E-state index in [4.69, 9.17) is 15.2 Å². The molecule has 1 fully saturated rings. The van der Waals surface area contributed by atoms with Gasteiger partial charge in [0.15, 0.2) is 0 Å². The predicted molar refractivity (Wildman–Crippen MR) is 68.8 cm³/mol. The summed E-state index contributed by atoms with van der Waals surface area (Å²) in [6.45, 7) is 0. The molecular weight excluding hydrogens is 216 g/mol. The second-order valence-electron chi connectivity index (χ2n) is 4.41. The minimum Gasteiger partial charge on any atom is -0.497 e. The maximum absolute atomic E-state index is 6.05. The molecule has 0 radical (unpaired) electrons. The van der Waals surface area contributed by atoms with Crippen LogP contribution in [0.1, 0.15) is 19.3 Å². The number of hydrogen-bond acceptors (Lipinski definition) is 4. The summed E-state index contributed by atoms with van der Waals surface area (Å²) in [7, 11) is 3.33. The average Bonchev–Trinajstić information content (AvgIpc) is 2.75.